The Kier molecular flexibility index (Phi) is 4.49. The highest BCUT2D eigenvalue weighted by atomic mass is 16.2. The van der Waals surface area contributed by atoms with Gasteiger partial charge in [0.05, 0.1) is 0 Å². The fourth-order valence-electron chi connectivity index (χ4n) is 4.32. The van der Waals surface area contributed by atoms with Crippen molar-refractivity contribution in [3.05, 3.63) is 0 Å². The minimum Gasteiger partial charge on any atom is -0.355 e. The van der Waals surface area contributed by atoms with E-state index in [0.29, 0.717) is 13.1 Å². The molecular weight excluding hydrogens is 282 g/mol. The SMILES string of the molecule is CC(=O)NCCNC(=O)C(=O)N1CC2(C)CC1CC(C)(C)C2. The van der Waals surface area contributed by atoms with Gasteiger partial charge in [0.25, 0.3) is 0 Å². The van der Waals surface area contributed by atoms with Crippen molar-refractivity contribution in [3.8, 4) is 0 Å². The van der Waals surface area contributed by atoms with Crippen molar-refractivity contribution < 1.29 is 14.4 Å². The number of nitrogens with one attached hydrogen (secondary N) is 2. The molecule has 2 atom stereocenters. The van der Waals surface area contributed by atoms with Gasteiger partial charge in [-0.15, -0.1) is 0 Å². The van der Waals surface area contributed by atoms with Gasteiger partial charge in [-0.1, -0.05) is 20.8 Å². The minimum absolute atomic E-state index is 0.124. The lowest BCUT2D eigenvalue weighted by Gasteiger charge is -2.39. The highest BCUT2D eigenvalue weighted by Gasteiger charge is 2.51. The molecule has 22 heavy (non-hydrogen) atoms. The van der Waals surface area contributed by atoms with Gasteiger partial charge in [0.15, 0.2) is 0 Å². The summed E-state index contributed by atoms with van der Waals surface area (Å²) in [4.78, 5) is 36.9. The first kappa shape index (κ1) is 16.8. The Morgan fingerprint density at radius 3 is 2.36 bits per heavy atom. The third-order valence-electron chi connectivity index (χ3n) is 4.65. The van der Waals surface area contributed by atoms with Gasteiger partial charge in [-0.3, -0.25) is 14.4 Å². The van der Waals surface area contributed by atoms with Gasteiger partial charge in [0, 0.05) is 32.6 Å². The number of nitrogens with zero attached hydrogens (tertiary/aromatic N) is 1. The van der Waals surface area contributed by atoms with Crippen LogP contribution in [0.25, 0.3) is 0 Å². The van der Waals surface area contributed by atoms with Gasteiger partial charge in [-0.2, -0.15) is 0 Å². The second-order valence-corrected chi connectivity index (χ2v) is 7.89. The fourth-order valence-corrected chi connectivity index (χ4v) is 4.32. The lowest BCUT2D eigenvalue weighted by atomic mass is 9.65. The van der Waals surface area contributed by atoms with Gasteiger partial charge >= 0.3 is 11.8 Å². The van der Waals surface area contributed by atoms with Crippen LogP contribution in [0.3, 0.4) is 0 Å². The fraction of sp³-hybridized carbons (Fsp3) is 0.812. The number of carbonyl (C=O) groups excluding carboxylic acids is 3. The predicted molar refractivity (Wildman–Crippen MR) is 82.9 cm³/mol. The molecule has 2 unspecified atom stereocenters. The van der Waals surface area contributed by atoms with Gasteiger partial charge in [-0.05, 0) is 30.1 Å². The molecular formula is C16H27N3O3. The zero-order chi connectivity index (χ0) is 16.5. The van der Waals surface area contributed by atoms with E-state index in [9.17, 15) is 14.4 Å². The highest BCUT2D eigenvalue weighted by molar-refractivity contribution is 6.35. The summed E-state index contributed by atoms with van der Waals surface area (Å²) in [5.41, 5.74) is 0.340. The number of fused-ring (bicyclic) bond motifs is 2. The summed E-state index contributed by atoms with van der Waals surface area (Å²) in [6.07, 6.45) is 3.03. The number of hydrogen-bond acceptors (Lipinski definition) is 3. The van der Waals surface area contributed by atoms with Crippen molar-refractivity contribution >= 4 is 17.7 Å². The van der Waals surface area contributed by atoms with Crippen molar-refractivity contribution in [3.63, 3.8) is 0 Å². The van der Waals surface area contributed by atoms with E-state index in [4.69, 9.17) is 0 Å². The Balaban J connectivity index is 1.90. The third-order valence-corrected chi connectivity index (χ3v) is 4.65. The van der Waals surface area contributed by atoms with E-state index < -0.39 is 11.8 Å². The molecule has 2 bridgehead atoms. The van der Waals surface area contributed by atoms with E-state index in [1.165, 1.54) is 6.92 Å². The van der Waals surface area contributed by atoms with Gasteiger partial charge < -0.3 is 15.5 Å². The van der Waals surface area contributed by atoms with Crippen molar-refractivity contribution in [2.75, 3.05) is 19.6 Å². The maximum absolute atomic E-state index is 12.4. The molecule has 0 aromatic rings. The van der Waals surface area contributed by atoms with Crippen LogP contribution in [0.1, 0.15) is 47.0 Å². The summed E-state index contributed by atoms with van der Waals surface area (Å²) in [6.45, 7) is 9.37. The van der Waals surface area contributed by atoms with E-state index >= 15 is 0 Å². The van der Waals surface area contributed by atoms with Crippen LogP contribution in [0.4, 0.5) is 0 Å². The number of likely N-dealkylation sites (tertiary alicyclic amines) is 1. The lowest BCUT2D eigenvalue weighted by Crippen LogP contribution is -2.47. The second kappa shape index (κ2) is 5.89. The molecule has 1 saturated carbocycles. The van der Waals surface area contributed by atoms with Crippen LogP contribution in [0.2, 0.25) is 0 Å². The summed E-state index contributed by atoms with van der Waals surface area (Å²) in [7, 11) is 0. The normalized spacial score (nSPS) is 29.1. The van der Waals surface area contributed by atoms with Crippen LogP contribution in [0, 0.1) is 10.8 Å². The average molecular weight is 309 g/mol. The maximum Gasteiger partial charge on any atom is 0.312 e. The molecule has 0 aromatic carbocycles. The second-order valence-electron chi connectivity index (χ2n) is 7.89. The monoisotopic (exact) mass is 309 g/mol. The molecule has 124 valence electrons. The summed E-state index contributed by atoms with van der Waals surface area (Å²) < 4.78 is 0. The first-order chi connectivity index (χ1) is 10.1. The van der Waals surface area contributed by atoms with E-state index in [1.54, 1.807) is 4.90 Å². The molecule has 0 aromatic heterocycles. The molecule has 2 fully saturated rings. The van der Waals surface area contributed by atoms with Crippen LogP contribution in [0.15, 0.2) is 0 Å². The molecule has 0 radical (unpaired) electrons. The maximum atomic E-state index is 12.4. The molecule has 0 spiro atoms. The Morgan fingerprint density at radius 1 is 1.09 bits per heavy atom. The quantitative estimate of drug-likeness (QED) is 0.594. The average Bonchev–Trinajstić information content (AvgIpc) is 2.62. The summed E-state index contributed by atoms with van der Waals surface area (Å²) >= 11 is 0. The number of amides is 3. The third kappa shape index (κ3) is 3.78. The molecule has 2 N–H and O–H groups in total. The smallest absolute Gasteiger partial charge is 0.312 e. The van der Waals surface area contributed by atoms with E-state index in [0.717, 1.165) is 19.3 Å². The van der Waals surface area contributed by atoms with Crippen molar-refractivity contribution in [2.24, 2.45) is 10.8 Å². The summed E-state index contributed by atoms with van der Waals surface area (Å²) in [6, 6.07) is 0.169. The van der Waals surface area contributed by atoms with Gasteiger partial charge in [0.1, 0.15) is 0 Å². The molecule has 1 aliphatic heterocycles. The van der Waals surface area contributed by atoms with E-state index in [1.807, 2.05) is 0 Å². The highest BCUT2D eigenvalue weighted by Crippen LogP contribution is 2.52. The van der Waals surface area contributed by atoms with Crippen LogP contribution < -0.4 is 10.6 Å². The number of carbonyl (C=O) groups is 3. The van der Waals surface area contributed by atoms with E-state index in [-0.39, 0.29) is 29.3 Å². The first-order valence-electron chi connectivity index (χ1n) is 7.95. The topological polar surface area (TPSA) is 78.5 Å². The minimum atomic E-state index is -0.570. The molecule has 1 heterocycles. The Labute approximate surface area is 132 Å². The van der Waals surface area contributed by atoms with Crippen LogP contribution in [-0.4, -0.2) is 48.3 Å². The van der Waals surface area contributed by atoms with Crippen LogP contribution in [0.5, 0.6) is 0 Å². The van der Waals surface area contributed by atoms with Crippen molar-refractivity contribution in [2.45, 2.75) is 53.0 Å². The molecule has 1 aliphatic carbocycles. The van der Waals surface area contributed by atoms with Gasteiger partial charge in [0.2, 0.25) is 5.91 Å². The summed E-state index contributed by atoms with van der Waals surface area (Å²) in [5.74, 6) is -1.15. The van der Waals surface area contributed by atoms with Crippen LogP contribution in [-0.2, 0) is 14.4 Å². The molecule has 6 heteroatoms. The van der Waals surface area contributed by atoms with Crippen molar-refractivity contribution in [1.82, 2.24) is 15.5 Å². The van der Waals surface area contributed by atoms with Gasteiger partial charge in [-0.25, -0.2) is 0 Å². The zero-order valence-electron chi connectivity index (χ0n) is 14.0. The number of rotatable bonds is 3. The summed E-state index contributed by atoms with van der Waals surface area (Å²) in [5, 5.41) is 5.17. The molecule has 1 saturated heterocycles. The first-order valence-corrected chi connectivity index (χ1v) is 7.95. The van der Waals surface area contributed by atoms with Crippen LogP contribution >= 0.6 is 0 Å². The molecule has 2 rings (SSSR count). The lowest BCUT2D eigenvalue weighted by molar-refractivity contribution is -0.146. The molecule has 6 nitrogen and oxygen atoms in total. The Hall–Kier alpha value is -1.59. The molecule has 3 amide bonds. The predicted octanol–water partition coefficient (Wildman–Crippen LogP) is 0.666. The largest absolute Gasteiger partial charge is 0.355 e. The zero-order valence-corrected chi connectivity index (χ0v) is 14.0. The number of hydrogen-bond donors (Lipinski definition) is 2. The molecule has 2 aliphatic rings. The van der Waals surface area contributed by atoms with E-state index in [2.05, 4.69) is 31.4 Å². The Morgan fingerprint density at radius 2 is 1.73 bits per heavy atom. The Bertz CT molecular complexity index is 489. The van der Waals surface area contributed by atoms with Crippen molar-refractivity contribution in [1.29, 1.82) is 0 Å². The standard InChI is InChI=1S/C16H27N3O3/c1-11(20)17-5-6-18-13(21)14(22)19-10-16(4)8-12(19)7-15(2,3)9-16/h12H,5-10H2,1-4H3,(H,17,20)(H,18,21).